The predicted octanol–water partition coefficient (Wildman–Crippen LogP) is 7.07. The van der Waals surface area contributed by atoms with Crippen molar-refractivity contribution in [2.45, 2.75) is 59.3 Å². The normalized spacial score (nSPS) is 15.5. The number of benzene rings is 2. The van der Waals surface area contributed by atoms with Crippen LogP contribution in [0.15, 0.2) is 85.0 Å². The molecule has 5 nitrogen and oxygen atoms in total. The summed E-state index contributed by atoms with van der Waals surface area (Å²) in [5, 5.41) is 35.5. The molecule has 206 valence electrons. The number of aliphatic hydroxyl groups excluding tert-OH is 1. The third kappa shape index (κ3) is 11.3. The number of aryl methyl sites for hydroxylation is 1. The zero-order valence-electron chi connectivity index (χ0n) is 23.3. The number of allylic oxidation sites excluding steroid dienone is 7. The Morgan fingerprint density at radius 1 is 1.10 bits per heavy atom. The summed E-state index contributed by atoms with van der Waals surface area (Å²) < 4.78 is 0. The van der Waals surface area contributed by atoms with Gasteiger partial charge in [-0.05, 0) is 60.8 Å². The first kappa shape index (κ1) is 32.7. The number of hydrogen-bond donors (Lipinski definition) is 3. The summed E-state index contributed by atoms with van der Waals surface area (Å²) in [4.78, 5) is 11.6. The van der Waals surface area contributed by atoms with E-state index in [1.54, 1.807) is 12.1 Å². The number of aromatic hydroxyl groups is 1. The Balaban J connectivity index is 0.00000116. The highest BCUT2D eigenvalue weighted by atomic mass is 16.4. The van der Waals surface area contributed by atoms with Gasteiger partial charge in [0.15, 0.2) is 0 Å². The lowest BCUT2D eigenvalue weighted by atomic mass is 9.91. The molecule has 3 rings (SSSR count). The lowest BCUT2D eigenvalue weighted by molar-refractivity contribution is 0.0693. The summed E-state index contributed by atoms with van der Waals surface area (Å²) in [6.45, 7) is 9.48. The van der Waals surface area contributed by atoms with Gasteiger partial charge in [-0.25, -0.2) is 4.79 Å². The number of carbonyl (C=O) groups is 1. The van der Waals surface area contributed by atoms with Gasteiger partial charge in [-0.1, -0.05) is 105 Å². The second kappa shape index (κ2) is 18.9. The molecule has 0 saturated carbocycles. The first-order valence-electron chi connectivity index (χ1n) is 13.3. The minimum atomic E-state index is -1.14. The van der Waals surface area contributed by atoms with Gasteiger partial charge in [-0.15, -0.1) is 6.58 Å². The van der Waals surface area contributed by atoms with Crippen LogP contribution in [0.5, 0.6) is 5.75 Å². The minimum absolute atomic E-state index is 0.0738. The molecule has 5 heteroatoms. The van der Waals surface area contributed by atoms with Gasteiger partial charge in [0.05, 0.1) is 0 Å². The quantitative estimate of drug-likeness (QED) is 0.184. The van der Waals surface area contributed by atoms with Crippen LogP contribution in [0.4, 0.5) is 0 Å². The second-order valence-electron chi connectivity index (χ2n) is 9.12. The van der Waals surface area contributed by atoms with E-state index in [0.717, 1.165) is 29.0 Å². The first-order valence-corrected chi connectivity index (χ1v) is 13.3. The van der Waals surface area contributed by atoms with Crippen molar-refractivity contribution >= 4 is 18.1 Å². The zero-order valence-corrected chi connectivity index (χ0v) is 23.3. The van der Waals surface area contributed by atoms with Gasteiger partial charge in [-0.3, -0.25) is 0 Å². The van der Waals surface area contributed by atoms with Gasteiger partial charge in [0, 0.05) is 11.1 Å². The van der Waals surface area contributed by atoms with E-state index < -0.39 is 5.97 Å². The molecule has 1 atom stereocenters. The highest BCUT2D eigenvalue weighted by Gasteiger charge is 2.13. The van der Waals surface area contributed by atoms with E-state index in [2.05, 4.69) is 43.9 Å². The topological polar surface area (TPSA) is 102 Å². The van der Waals surface area contributed by atoms with Crippen LogP contribution >= 0.6 is 0 Å². The van der Waals surface area contributed by atoms with Crippen LogP contribution in [0.25, 0.3) is 12.2 Å². The average molecular weight is 528 g/mol. The standard InChI is InChI=1S/C30H34O3.C3H6.CHNO/c1-3-4-5-6-7-8-14-23-15-11-12-17-25(23)20-26-18-19-27(30(32)33)29(31)28(26)21-24-16-10-9-13-22(24)2;1-3-2;2-1-3/h9-21,25,31H,3-8H2,1-2H3,(H,32,33);3H,1H2,2H3;3H. The number of nitriles is 1. The van der Waals surface area contributed by atoms with Crippen molar-refractivity contribution in [1.29, 1.82) is 5.26 Å². The number of rotatable bonds is 9. The van der Waals surface area contributed by atoms with Gasteiger partial charge in [0.2, 0.25) is 0 Å². The molecule has 0 spiro atoms. The van der Waals surface area contributed by atoms with E-state index in [-0.39, 0.29) is 17.2 Å². The van der Waals surface area contributed by atoms with E-state index in [1.807, 2.05) is 50.3 Å². The third-order valence-corrected chi connectivity index (χ3v) is 6.12. The van der Waals surface area contributed by atoms with Crippen molar-refractivity contribution in [3.63, 3.8) is 0 Å². The molecule has 0 saturated heterocycles. The summed E-state index contributed by atoms with van der Waals surface area (Å²) in [6, 6.07) is 11.2. The Labute approximate surface area is 232 Å². The smallest absolute Gasteiger partial charge is 0.339 e. The second-order valence-corrected chi connectivity index (χ2v) is 9.12. The molecule has 3 N–H and O–H groups in total. The van der Waals surface area contributed by atoms with Crippen LogP contribution in [0, 0.1) is 24.4 Å². The van der Waals surface area contributed by atoms with Crippen molar-refractivity contribution < 1.29 is 20.1 Å². The first-order chi connectivity index (χ1) is 18.8. The molecule has 39 heavy (non-hydrogen) atoms. The molecule has 0 aliphatic heterocycles. The molecule has 0 amide bonds. The highest BCUT2D eigenvalue weighted by molar-refractivity contribution is 5.91. The number of unbranched alkanes of at least 4 members (excludes halogenated alkanes) is 5. The van der Waals surface area contributed by atoms with Gasteiger partial charge in [0.25, 0.3) is 6.26 Å². The molecule has 0 fully saturated rings. The monoisotopic (exact) mass is 527 g/mol. The number of hydrogen-bond acceptors (Lipinski definition) is 4. The number of carboxylic acids is 1. The molecule has 0 aromatic heterocycles. The van der Waals surface area contributed by atoms with Gasteiger partial charge in [0.1, 0.15) is 11.3 Å². The van der Waals surface area contributed by atoms with Crippen LogP contribution in [-0.4, -0.2) is 21.3 Å². The SMILES string of the molecule is C=CC.CCCCCCCC=C1C=CC=CC1C=c1ccc(C(=O)O)c(O)c1=Cc1ccccc1C.N#CO. The van der Waals surface area contributed by atoms with E-state index in [9.17, 15) is 15.0 Å². The van der Waals surface area contributed by atoms with Crippen molar-refractivity contribution in [2.24, 2.45) is 5.92 Å². The summed E-state index contributed by atoms with van der Waals surface area (Å²) in [5.74, 6) is -1.26. The number of aromatic carboxylic acids is 1. The van der Waals surface area contributed by atoms with Gasteiger partial charge >= 0.3 is 5.97 Å². The summed E-state index contributed by atoms with van der Waals surface area (Å²) >= 11 is 0. The Morgan fingerprint density at radius 2 is 1.77 bits per heavy atom. The third-order valence-electron chi connectivity index (χ3n) is 6.12. The highest BCUT2D eigenvalue weighted by Crippen LogP contribution is 2.22. The molecule has 0 radical (unpaired) electrons. The van der Waals surface area contributed by atoms with Crippen molar-refractivity contribution in [1.82, 2.24) is 0 Å². The van der Waals surface area contributed by atoms with Crippen molar-refractivity contribution in [2.75, 3.05) is 0 Å². The average Bonchev–Trinajstić information content (AvgIpc) is 2.91. The van der Waals surface area contributed by atoms with Crippen molar-refractivity contribution in [3.05, 3.63) is 112 Å². The lowest BCUT2D eigenvalue weighted by Gasteiger charge is -2.14. The number of carboxylic acid groups (broad SMARTS) is 1. The van der Waals surface area contributed by atoms with Gasteiger partial charge in [-0.2, -0.15) is 5.26 Å². The molecule has 0 heterocycles. The summed E-state index contributed by atoms with van der Waals surface area (Å²) in [7, 11) is 0. The maximum atomic E-state index is 11.6. The maximum Gasteiger partial charge on any atom is 0.339 e. The summed E-state index contributed by atoms with van der Waals surface area (Å²) in [6.07, 6.45) is 24.5. The van der Waals surface area contributed by atoms with E-state index in [1.165, 1.54) is 43.7 Å². The predicted molar refractivity (Wildman–Crippen MR) is 160 cm³/mol. The fourth-order valence-electron chi connectivity index (χ4n) is 4.14. The Hall–Kier alpha value is -4.30. The van der Waals surface area contributed by atoms with Crippen molar-refractivity contribution in [3.8, 4) is 12.0 Å². The number of nitrogens with zero attached hydrogens (tertiary/aromatic N) is 1. The molecule has 2 aromatic carbocycles. The fraction of sp³-hybridized carbons (Fsp3) is 0.294. The summed E-state index contributed by atoms with van der Waals surface area (Å²) in [5.41, 5.74) is 3.16. The molecular weight excluding hydrogens is 486 g/mol. The Bertz CT molecular complexity index is 1330. The molecule has 0 bridgehead atoms. The minimum Gasteiger partial charge on any atom is -0.506 e. The fourth-order valence-corrected chi connectivity index (χ4v) is 4.14. The van der Waals surface area contributed by atoms with Crippen LogP contribution in [-0.2, 0) is 0 Å². The van der Waals surface area contributed by atoms with Gasteiger partial charge < -0.3 is 15.3 Å². The molecule has 1 aliphatic carbocycles. The number of phenols is 1. The zero-order chi connectivity index (χ0) is 29.0. The Kier molecular flexibility index (Phi) is 15.8. The van der Waals surface area contributed by atoms with Crippen LogP contribution in [0.2, 0.25) is 0 Å². The number of aliphatic hydroxyl groups is 1. The largest absolute Gasteiger partial charge is 0.506 e. The molecule has 2 aromatic rings. The van der Waals surface area contributed by atoms with E-state index in [4.69, 9.17) is 10.4 Å². The molecule has 1 unspecified atom stereocenters. The molecular formula is C34H41NO4. The maximum absolute atomic E-state index is 11.6. The van der Waals surface area contributed by atoms with E-state index >= 15 is 0 Å². The van der Waals surface area contributed by atoms with Crippen LogP contribution in [0.1, 0.15) is 73.9 Å². The molecule has 1 aliphatic rings. The Morgan fingerprint density at radius 3 is 2.41 bits per heavy atom. The van der Waals surface area contributed by atoms with Crippen LogP contribution < -0.4 is 10.4 Å². The van der Waals surface area contributed by atoms with Crippen LogP contribution in [0.3, 0.4) is 0 Å². The lowest BCUT2D eigenvalue weighted by Crippen LogP contribution is -2.28. The van der Waals surface area contributed by atoms with E-state index in [0.29, 0.717) is 5.22 Å².